The van der Waals surface area contributed by atoms with Crippen molar-refractivity contribution in [3.63, 3.8) is 0 Å². The van der Waals surface area contributed by atoms with Gasteiger partial charge in [-0.3, -0.25) is 4.79 Å². The highest BCUT2D eigenvalue weighted by molar-refractivity contribution is 6.02. The fraction of sp³-hybridized carbons (Fsp3) is 0.0435. The maximum absolute atomic E-state index is 12.5. The predicted octanol–water partition coefficient (Wildman–Crippen LogP) is 5.58. The van der Waals surface area contributed by atoms with Gasteiger partial charge in [-0.05, 0) is 59.1 Å². The SMILES string of the molecule is O=Nc1cccc(-c2ccc(C(=O)Nc3cc(Cc4ccccc4)ccn3)o2)c1. The average Bonchev–Trinajstić information content (AvgIpc) is 3.25. The van der Waals surface area contributed by atoms with E-state index in [1.165, 1.54) is 5.56 Å². The molecule has 0 atom stereocenters. The van der Waals surface area contributed by atoms with E-state index in [0.29, 0.717) is 22.8 Å². The summed E-state index contributed by atoms with van der Waals surface area (Å²) in [5.74, 6) is 0.685. The number of rotatable bonds is 6. The van der Waals surface area contributed by atoms with Crippen molar-refractivity contribution >= 4 is 17.4 Å². The third kappa shape index (κ3) is 4.44. The molecule has 1 N–H and O–H groups in total. The second kappa shape index (κ2) is 8.31. The standard InChI is InChI=1S/C23H17N3O3/c27-23(21-10-9-20(29-21)18-7-4-8-19(15-18)26-28)25-22-14-17(11-12-24-22)13-16-5-2-1-3-6-16/h1-12,14-15H,13H2,(H,24,25,27). The molecule has 2 aromatic carbocycles. The largest absolute Gasteiger partial charge is 0.451 e. The van der Waals surface area contributed by atoms with Crippen LogP contribution in [0.1, 0.15) is 21.7 Å². The highest BCUT2D eigenvalue weighted by atomic mass is 16.3. The highest BCUT2D eigenvalue weighted by Crippen LogP contribution is 2.26. The number of anilines is 1. The van der Waals surface area contributed by atoms with Gasteiger partial charge in [0.25, 0.3) is 5.91 Å². The molecule has 0 spiro atoms. The maximum Gasteiger partial charge on any atom is 0.292 e. The van der Waals surface area contributed by atoms with Crippen LogP contribution in [-0.2, 0) is 6.42 Å². The molecule has 0 aliphatic heterocycles. The summed E-state index contributed by atoms with van der Waals surface area (Å²) in [5, 5.41) is 5.67. The van der Waals surface area contributed by atoms with Crippen molar-refractivity contribution in [3.05, 3.63) is 107 Å². The molecular formula is C23H17N3O3. The first-order valence-electron chi connectivity index (χ1n) is 9.05. The average molecular weight is 383 g/mol. The van der Waals surface area contributed by atoms with Crippen LogP contribution >= 0.6 is 0 Å². The molecule has 1 amide bonds. The lowest BCUT2D eigenvalue weighted by molar-refractivity contribution is 0.0997. The second-order valence-electron chi connectivity index (χ2n) is 6.47. The van der Waals surface area contributed by atoms with E-state index in [0.717, 1.165) is 12.0 Å². The Bertz CT molecular complexity index is 1150. The lowest BCUT2D eigenvalue weighted by Crippen LogP contribution is -2.12. The molecule has 0 saturated carbocycles. The normalized spacial score (nSPS) is 10.5. The fourth-order valence-corrected chi connectivity index (χ4v) is 2.99. The molecule has 0 radical (unpaired) electrons. The number of benzene rings is 2. The monoisotopic (exact) mass is 383 g/mol. The van der Waals surface area contributed by atoms with Gasteiger partial charge in [0, 0.05) is 11.8 Å². The number of pyridine rings is 1. The van der Waals surface area contributed by atoms with Crippen molar-refractivity contribution in [1.29, 1.82) is 0 Å². The van der Waals surface area contributed by atoms with Gasteiger partial charge >= 0.3 is 0 Å². The summed E-state index contributed by atoms with van der Waals surface area (Å²) in [5.41, 5.74) is 3.19. The molecule has 0 aliphatic carbocycles. The van der Waals surface area contributed by atoms with Gasteiger partial charge in [0.15, 0.2) is 5.76 Å². The fourth-order valence-electron chi connectivity index (χ4n) is 2.99. The third-order valence-electron chi connectivity index (χ3n) is 4.38. The Morgan fingerprint density at radius 1 is 0.931 bits per heavy atom. The van der Waals surface area contributed by atoms with Crippen molar-refractivity contribution < 1.29 is 9.21 Å². The van der Waals surface area contributed by atoms with E-state index in [2.05, 4.69) is 27.6 Å². The first-order chi connectivity index (χ1) is 14.2. The Balaban J connectivity index is 1.48. The number of hydrogen-bond acceptors (Lipinski definition) is 5. The van der Waals surface area contributed by atoms with Crippen molar-refractivity contribution in [2.45, 2.75) is 6.42 Å². The molecule has 0 saturated heterocycles. The Labute approximate surface area is 167 Å². The van der Waals surface area contributed by atoms with Crippen LogP contribution in [0.4, 0.5) is 11.5 Å². The molecule has 2 heterocycles. The van der Waals surface area contributed by atoms with Gasteiger partial charge in [0.05, 0.1) is 0 Å². The minimum absolute atomic E-state index is 0.153. The number of nitroso groups, excluding NO2 is 1. The van der Waals surface area contributed by atoms with E-state index in [1.807, 2.05) is 30.3 Å². The zero-order valence-electron chi connectivity index (χ0n) is 15.4. The van der Waals surface area contributed by atoms with Crippen LogP contribution in [0.15, 0.2) is 94.7 Å². The van der Waals surface area contributed by atoms with Gasteiger partial charge in [-0.2, -0.15) is 0 Å². The summed E-state index contributed by atoms with van der Waals surface area (Å²) in [4.78, 5) is 27.4. The molecular weight excluding hydrogens is 366 g/mol. The van der Waals surface area contributed by atoms with Crippen LogP contribution in [0.5, 0.6) is 0 Å². The van der Waals surface area contributed by atoms with Gasteiger partial charge in [0.2, 0.25) is 0 Å². The van der Waals surface area contributed by atoms with Crippen LogP contribution in [0, 0.1) is 4.91 Å². The van der Waals surface area contributed by atoms with E-state index < -0.39 is 5.91 Å². The minimum atomic E-state index is -0.398. The summed E-state index contributed by atoms with van der Waals surface area (Å²) < 4.78 is 5.65. The van der Waals surface area contributed by atoms with E-state index in [1.54, 1.807) is 42.6 Å². The Hall–Kier alpha value is -4.06. The Kier molecular flexibility index (Phi) is 5.25. The number of furan rings is 1. The lowest BCUT2D eigenvalue weighted by atomic mass is 10.1. The third-order valence-corrected chi connectivity index (χ3v) is 4.38. The Morgan fingerprint density at radius 3 is 2.62 bits per heavy atom. The van der Waals surface area contributed by atoms with Gasteiger partial charge in [-0.1, -0.05) is 42.5 Å². The molecule has 6 heteroatoms. The highest BCUT2D eigenvalue weighted by Gasteiger charge is 2.14. The molecule has 0 bridgehead atoms. The van der Waals surface area contributed by atoms with Gasteiger partial charge in [-0.15, -0.1) is 4.91 Å². The van der Waals surface area contributed by atoms with Crippen LogP contribution in [0.3, 0.4) is 0 Å². The van der Waals surface area contributed by atoms with E-state index in [4.69, 9.17) is 4.42 Å². The number of carbonyl (C=O) groups excluding carboxylic acids is 1. The Morgan fingerprint density at radius 2 is 1.79 bits per heavy atom. The second-order valence-corrected chi connectivity index (χ2v) is 6.47. The smallest absolute Gasteiger partial charge is 0.292 e. The maximum atomic E-state index is 12.5. The molecule has 6 nitrogen and oxygen atoms in total. The molecule has 4 aromatic rings. The van der Waals surface area contributed by atoms with Gasteiger partial charge in [-0.25, -0.2) is 4.98 Å². The van der Waals surface area contributed by atoms with Gasteiger partial charge < -0.3 is 9.73 Å². The van der Waals surface area contributed by atoms with E-state index in [9.17, 15) is 9.70 Å². The topological polar surface area (TPSA) is 84.6 Å². The van der Waals surface area contributed by atoms with Crippen molar-refractivity contribution in [2.75, 3.05) is 5.32 Å². The molecule has 142 valence electrons. The van der Waals surface area contributed by atoms with Gasteiger partial charge in [0.1, 0.15) is 17.3 Å². The van der Waals surface area contributed by atoms with Crippen LogP contribution < -0.4 is 5.32 Å². The summed E-state index contributed by atoms with van der Waals surface area (Å²) in [6.45, 7) is 0. The first-order valence-corrected chi connectivity index (χ1v) is 9.05. The van der Waals surface area contributed by atoms with Crippen molar-refractivity contribution in [2.24, 2.45) is 5.18 Å². The molecule has 4 rings (SSSR count). The zero-order chi connectivity index (χ0) is 20.1. The number of carbonyl (C=O) groups is 1. The first kappa shape index (κ1) is 18.3. The van der Waals surface area contributed by atoms with Crippen molar-refractivity contribution in [3.8, 4) is 11.3 Å². The lowest BCUT2D eigenvalue weighted by Gasteiger charge is -2.06. The van der Waals surface area contributed by atoms with Crippen LogP contribution in [-0.4, -0.2) is 10.9 Å². The number of aromatic nitrogens is 1. The van der Waals surface area contributed by atoms with E-state index in [-0.39, 0.29) is 5.76 Å². The van der Waals surface area contributed by atoms with Crippen LogP contribution in [0.25, 0.3) is 11.3 Å². The van der Waals surface area contributed by atoms with Crippen LogP contribution in [0.2, 0.25) is 0 Å². The summed E-state index contributed by atoms with van der Waals surface area (Å²) in [7, 11) is 0. The molecule has 0 unspecified atom stereocenters. The molecule has 0 aliphatic rings. The number of amides is 1. The quantitative estimate of drug-likeness (QED) is 0.440. The number of nitrogens with one attached hydrogen (secondary N) is 1. The number of hydrogen-bond donors (Lipinski definition) is 1. The predicted molar refractivity (Wildman–Crippen MR) is 111 cm³/mol. The zero-order valence-corrected chi connectivity index (χ0v) is 15.4. The summed E-state index contributed by atoms with van der Waals surface area (Å²) >= 11 is 0. The summed E-state index contributed by atoms with van der Waals surface area (Å²) in [6.07, 6.45) is 2.41. The molecule has 29 heavy (non-hydrogen) atoms. The minimum Gasteiger partial charge on any atom is -0.451 e. The molecule has 2 aromatic heterocycles. The van der Waals surface area contributed by atoms with E-state index >= 15 is 0 Å². The summed E-state index contributed by atoms with van der Waals surface area (Å²) in [6, 6.07) is 23.8. The van der Waals surface area contributed by atoms with Crippen molar-refractivity contribution in [1.82, 2.24) is 4.98 Å². The molecule has 0 fully saturated rings. The number of nitrogens with zero attached hydrogens (tertiary/aromatic N) is 2.